The Bertz CT molecular complexity index is 1260. The third-order valence-corrected chi connectivity index (χ3v) is 18.3. The summed E-state index contributed by atoms with van der Waals surface area (Å²) in [6, 6.07) is -0.624. The van der Waals surface area contributed by atoms with Crippen LogP contribution in [0.2, 0.25) is 0 Å². The van der Waals surface area contributed by atoms with Crippen LogP contribution in [-0.2, 0) is 14.3 Å². The molecule has 0 fully saturated rings. The number of rotatable bonds is 73. The van der Waals surface area contributed by atoms with E-state index in [1.165, 1.54) is 379 Å². The third kappa shape index (κ3) is 69.6. The predicted molar refractivity (Wildman–Crippen MR) is 366 cm³/mol. The summed E-state index contributed by atoms with van der Waals surface area (Å²) >= 11 is 0. The van der Waals surface area contributed by atoms with Gasteiger partial charge in [0.25, 0.3) is 0 Å². The molecule has 0 saturated carbocycles. The average Bonchev–Trinajstić information content (AvgIpc) is 3.49. The van der Waals surface area contributed by atoms with Gasteiger partial charge in [0.1, 0.15) is 0 Å². The highest BCUT2D eigenvalue weighted by Crippen LogP contribution is 2.20. The van der Waals surface area contributed by atoms with E-state index in [4.69, 9.17) is 4.74 Å². The molecule has 0 aromatic heterocycles. The zero-order chi connectivity index (χ0) is 59.9. The summed E-state index contributed by atoms with van der Waals surface area (Å²) in [5.41, 5.74) is 0. The van der Waals surface area contributed by atoms with E-state index < -0.39 is 12.1 Å². The maximum Gasteiger partial charge on any atom is 0.305 e. The first kappa shape index (κ1) is 81.6. The molecule has 0 radical (unpaired) electrons. The number of carbonyl (C=O) groups is 2. The highest BCUT2D eigenvalue weighted by atomic mass is 16.5. The minimum Gasteiger partial charge on any atom is -0.466 e. The van der Waals surface area contributed by atoms with E-state index in [1.807, 2.05) is 6.08 Å². The van der Waals surface area contributed by atoms with Gasteiger partial charge >= 0.3 is 5.97 Å². The Labute approximate surface area is 520 Å². The molecule has 0 spiro atoms. The predicted octanol–water partition coefficient (Wildman–Crippen LogP) is 25.1. The Hall–Kier alpha value is -1.40. The summed E-state index contributed by atoms with van der Waals surface area (Å²) < 4.78 is 5.50. The van der Waals surface area contributed by atoms with Gasteiger partial charge in [-0.2, -0.15) is 0 Å². The van der Waals surface area contributed by atoms with Gasteiger partial charge in [-0.1, -0.05) is 411 Å². The van der Waals surface area contributed by atoms with Gasteiger partial charge in [-0.05, 0) is 32.1 Å². The topological polar surface area (TPSA) is 95.9 Å². The van der Waals surface area contributed by atoms with Crippen LogP contribution in [0.15, 0.2) is 12.2 Å². The van der Waals surface area contributed by atoms with E-state index >= 15 is 0 Å². The summed E-state index contributed by atoms with van der Waals surface area (Å²) in [5.74, 6) is -0.0342. The Balaban J connectivity index is 3.33. The lowest BCUT2D eigenvalue weighted by Crippen LogP contribution is -2.45. The number of hydrogen-bond acceptors (Lipinski definition) is 5. The van der Waals surface area contributed by atoms with Crippen LogP contribution in [0.1, 0.15) is 444 Å². The van der Waals surface area contributed by atoms with Gasteiger partial charge in [0.2, 0.25) is 5.91 Å². The summed E-state index contributed by atoms with van der Waals surface area (Å²) in [5, 5.41) is 23.3. The molecule has 0 aliphatic carbocycles. The zero-order valence-electron chi connectivity index (χ0n) is 56.7. The van der Waals surface area contributed by atoms with Crippen LogP contribution >= 0.6 is 0 Å². The molecule has 3 N–H and O–H groups in total. The molecule has 494 valence electrons. The quantitative estimate of drug-likeness (QED) is 0.0320. The molecule has 2 unspecified atom stereocenters. The van der Waals surface area contributed by atoms with Crippen LogP contribution in [0.3, 0.4) is 0 Å². The molecular formula is C77H151NO5. The Morgan fingerprint density at radius 2 is 0.554 bits per heavy atom. The van der Waals surface area contributed by atoms with Crippen molar-refractivity contribution in [1.29, 1.82) is 0 Å². The Morgan fingerprint density at radius 3 is 0.819 bits per heavy atom. The lowest BCUT2D eigenvalue weighted by molar-refractivity contribution is -0.143. The van der Waals surface area contributed by atoms with E-state index in [2.05, 4.69) is 19.2 Å². The van der Waals surface area contributed by atoms with Gasteiger partial charge in [0, 0.05) is 12.8 Å². The number of esters is 1. The first-order valence-electron chi connectivity index (χ1n) is 38.5. The smallest absolute Gasteiger partial charge is 0.305 e. The summed E-state index contributed by atoms with van der Waals surface area (Å²) in [4.78, 5) is 24.6. The van der Waals surface area contributed by atoms with E-state index in [-0.39, 0.29) is 18.5 Å². The molecule has 83 heavy (non-hydrogen) atoms. The number of amides is 1. The van der Waals surface area contributed by atoms with Crippen molar-refractivity contribution < 1.29 is 24.5 Å². The molecule has 2 atom stereocenters. The Morgan fingerprint density at radius 1 is 0.325 bits per heavy atom. The first-order valence-corrected chi connectivity index (χ1v) is 38.5. The van der Waals surface area contributed by atoms with Gasteiger partial charge in [-0.15, -0.1) is 0 Å². The maximum atomic E-state index is 12.5. The zero-order valence-corrected chi connectivity index (χ0v) is 56.7. The van der Waals surface area contributed by atoms with E-state index in [0.29, 0.717) is 19.4 Å². The van der Waals surface area contributed by atoms with Gasteiger partial charge in [0.15, 0.2) is 0 Å². The van der Waals surface area contributed by atoms with Crippen molar-refractivity contribution >= 4 is 11.9 Å². The van der Waals surface area contributed by atoms with Crippen LogP contribution in [0, 0.1) is 0 Å². The van der Waals surface area contributed by atoms with E-state index in [0.717, 1.165) is 38.5 Å². The molecule has 0 heterocycles. The number of allylic oxidation sites excluding steroid dienone is 1. The number of aliphatic hydroxyl groups excluding tert-OH is 2. The van der Waals surface area contributed by atoms with Gasteiger partial charge in [-0.25, -0.2) is 0 Å². The van der Waals surface area contributed by atoms with Crippen molar-refractivity contribution in [2.45, 2.75) is 456 Å². The second-order valence-electron chi connectivity index (χ2n) is 26.7. The van der Waals surface area contributed by atoms with Crippen molar-refractivity contribution in [2.75, 3.05) is 13.2 Å². The van der Waals surface area contributed by atoms with Crippen molar-refractivity contribution in [3.63, 3.8) is 0 Å². The second-order valence-corrected chi connectivity index (χ2v) is 26.7. The standard InChI is InChI=1S/C77H151NO5/c1-3-5-7-9-11-13-15-17-18-19-20-36-39-42-46-49-53-57-61-65-69-75(80)74(73-79)78-76(81)70-66-62-58-54-50-47-43-40-37-34-32-30-28-26-24-22-21-23-25-27-29-31-33-35-38-41-44-48-52-56-60-64-68-72-83-77(82)71-67-63-59-55-51-45-16-14-12-10-8-6-4-2/h65,69,74-75,79-80H,3-64,66-68,70-73H2,1-2H3,(H,78,81)/b69-65+. The molecule has 0 aliphatic heterocycles. The molecule has 0 rings (SSSR count). The molecule has 6 nitrogen and oxygen atoms in total. The summed E-state index contributed by atoms with van der Waals surface area (Å²) in [6.45, 7) is 4.96. The number of aliphatic hydroxyl groups is 2. The molecule has 6 heteroatoms. The van der Waals surface area contributed by atoms with E-state index in [1.54, 1.807) is 6.08 Å². The van der Waals surface area contributed by atoms with Crippen LogP contribution in [0.5, 0.6) is 0 Å². The monoisotopic (exact) mass is 1170 g/mol. The van der Waals surface area contributed by atoms with Crippen LogP contribution in [-0.4, -0.2) is 47.4 Å². The molecular weight excluding hydrogens is 1020 g/mol. The second kappa shape index (κ2) is 73.1. The highest BCUT2D eigenvalue weighted by molar-refractivity contribution is 5.76. The molecule has 0 bridgehead atoms. The SMILES string of the molecule is CCCCCCCCCCCCCCCCCCCC/C=C/C(O)C(CO)NC(=O)CCCCCCCCCCCCCCCCCCCCCCCCCCCCCCCCCCCOC(=O)CCCCCCCCCCCCCCC. The third-order valence-electron chi connectivity index (χ3n) is 18.3. The number of unbranched alkanes of at least 4 members (excludes halogenated alkanes) is 62. The van der Waals surface area contributed by atoms with Crippen molar-refractivity contribution in [1.82, 2.24) is 5.32 Å². The lowest BCUT2D eigenvalue weighted by Gasteiger charge is -2.20. The number of ether oxygens (including phenoxy) is 1. The first-order chi connectivity index (χ1) is 41.0. The lowest BCUT2D eigenvalue weighted by atomic mass is 10.0. The van der Waals surface area contributed by atoms with Crippen LogP contribution in [0.25, 0.3) is 0 Å². The van der Waals surface area contributed by atoms with Gasteiger partial charge < -0.3 is 20.3 Å². The van der Waals surface area contributed by atoms with E-state index in [9.17, 15) is 19.8 Å². The fourth-order valence-corrected chi connectivity index (χ4v) is 12.5. The highest BCUT2D eigenvalue weighted by Gasteiger charge is 2.18. The van der Waals surface area contributed by atoms with Crippen molar-refractivity contribution in [3.05, 3.63) is 12.2 Å². The number of nitrogens with one attached hydrogen (secondary N) is 1. The molecule has 1 amide bonds. The minimum absolute atomic E-state index is 0.0241. The summed E-state index contributed by atoms with van der Waals surface area (Å²) in [6.07, 6.45) is 91.8. The maximum absolute atomic E-state index is 12.5. The van der Waals surface area contributed by atoms with Gasteiger partial charge in [-0.3, -0.25) is 9.59 Å². The van der Waals surface area contributed by atoms with Crippen LogP contribution in [0.4, 0.5) is 0 Å². The molecule has 0 aliphatic rings. The van der Waals surface area contributed by atoms with Crippen molar-refractivity contribution in [2.24, 2.45) is 0 Å². The minimum atomic E-state index is -0.841. The Kier molecular flexibility index (Phi) is 71.8. The van der Waals surface area contributed by atoms with Crippen LogP contribution < -0.4 is 5.32 Å². The normalized spacial score (nSPS) is 12.5. The largest absolute Gasteiger partial charge is 0.466 e. The van der Waals surface area contributed by atoms with Crippen molar-refractivity contribution in [3.8, 4) is 0 Å². The number of hydrogen-bond donors (Lipinski definition) is 3. The molecule has 0 aromatic carbocycles. The average molecular weight is 1170 g/mol. The fourth-order valence-electron chi connectivity index (χ4n) is 12.5. The summed E-state index contributed by atoms with van der Waals surface area (Å²) in [7, 11) is 0. The van der Waals surface area contributed by atoms with Gasteiger partial charge in [0.05, 0.1) is 25.4 Å². The number of carbonyl (C=O) groups excluding carboxylic acids is 2. The molecule has 0 saturated heterocycles. The fraction of sp³-hybridized carbons (Fsp3) is 0.948. The molecule has 0 aromatic rings.